The second-order valence-corrected chi connectivity index (χ2v) is 3.53. The number of ketones is 1. The van der Waals surface area contributed by atoms with Crippen LogP contribution in [0.15, 0.2) is 41.8 Å². The molecule has 4 heteroatoms. The van der Waals surface area contributed by atoms with Crippen molar-refractivity contribution in [3.05, 3.63) is 46.7 Å². The molecule has 1 rings (SSSR count). The molecule has 1 aromatic rings. The summed E-state index contributed by atoms with van der Waals surface area (Å²) >= 11 is 1.38. The van der Waals surface area contributed by atoms with Crippen molar-refractivity contribution < 1.29 is 14.3 Å². The van der Waals surface area contributed by atoms with E-state index in [2.05, 4.69) is 4.74 Å². The summed E-state index contributed by atoms with van der Waals surface area (Å²) in [5.41, 5.74) is 0. The van der Waals surface area contributed by atoms with E-state index in [-0.39, 0.29) is 5.78 Å². The number of hydrogen-bond acceptors (Lipinski definition) is 4. The minimum atomic E-state index is -0.441. The van der Waals surface area contributed by atoms with E-state index in [1.165, 1.54) is 42.8 Å². The monoisotopic (exact) mass is 222 g/mol. The number of ether oxygens (including phenoxy) is 1. The molecule has 0 radical (unpaired) electrons. The fourth-order valence-electron chi connectivity index (χ4n) is 0.846. The first-order chi connectivity index (χ1) is 7.24. The number of thiophene rings is 1. The average Bonchev–Trinajstić information content (AvgIpc) is 2.77. The highest BCUT2D eigenvalue weighted by molar-refractivity contribution is 7.12. The smallest absolute Gasteiger partial charge is 0.330 e. The van der Waals surface area contributed by atoms with E-state index in [1.807, 2.05) is 11.4 Å². The highest BCUT2D eigenvalue weighted by Gasteiger charge is 2.00. The van der Waals surface area contributed by atoms with E-state index in [4.69, 9.17) is 0 Å². The Bertz CT molecular complexity index is 388. The maximum absolute atomic E-state index is 11.4. The Labute approximate surface area is 91.7 Å². The van der Waals surface area contributed by atoms with Crippen LogP contribution in [-0.4, -0.2) is 18.9 Å². The van der Waals surface area contributed by atoms with Gasteiger partial charge in [0.05, 0.1) is 12.0 Å². The van der Waals surface area contributed by atoms with Gasteiger partial charge in [0.1, 0.15) is 0 Å². The number of carbonyl (C=O) groups is 2. The molecule has 0 bridgehead atoms. The SMILES string of the molecule is COC(=O)/C=C\C=C\C(=O)c1cccs1. The van der Waals surface area contributed by atoms with Gasteiger partial charge in [-0.25, -0.2) is 4.79 Å². The van der Waals surface area contributed by atoms with Crippen LogP contribution >= 0.6 is 11.3 Å². The Morgan fingerprint density at radius 2 is 2.07 bits per heavy atom. The quantitative estimate of drug-likeness (QED) is 0.339. The van der Waals surface area contributed by atoms with Gasteiger partial charge in [-0.3, -0.25) is 4.79 Å². The Balaban J connectivity index is 2.49. The molecule has 15 heavy (non-hydrogen) atoms. The van der Waals surface area contributed by atoms with Crippen LogP contribution in [0.5, 0.6) is 0 Å². The zero-order valence-corrected chi connectivity index (χ0v) is 8.99. The number of hydrogen-bond donors (Lipinski definition) is 0. The van der Waals surface area contributed by atoms with Crippen molar-refractivity contribution in [2.24, 2.45) is 0 Å². The van der Waals surface area contributed by atoms with Crippen LogP contribution in [0.1, 0.15) is 9.67 Å². The molecule has 0 aromatic carbocycles. The highest BCUT2D eigenvalue weighted by atomic mass is 32.1. The number of esters is 1. The number of allylic oxidation sites excluding steroid dienone is 3. The maximum atomic E-state index is 11.4. The first kappa shape index (κ1) is 11.4. The molecule has 1 heterocycles. The Hall–Kier alpha value is -1.68. The number of rotatable bonds is 4. The molecule has 78 valence electrons. The predicted molar refractivity (Wildman–Crippen MR) is 58.9 cm³/mol. The third kappa shape index (κ3) is 3.91. The summed E-state index contributed by atoms with van der Waals surface area (Å²) in [4.78, 5) is 22.7. The summed E-state index contributed by atoms with van der Waals surface area (Å²) in [7, 11) is 1.30. The summed E-state index contributed by atoms with van der Waals surface area (Å²) < 4.78 is 4.39. The molecule has 0 amide bonds. The molecule has 0 saturated carbocycles. The average molecular weight is 222 g/mol. The molecule has 0 N–H and O–H groups in total. The molecule has 0 atom stereocenters. The third-order valence-electron chi connectivity index (χ3n) is 1.56. The minimum Gasteiger partial charge on any atom is -0.466 e. The van der Waals surface area contributed by atoms with Crippen molar-refractivity contribution in [3.63, 3.8) is 0 Å². The van der Waals surface area contributed by atoms with Crippen molar-refractivity contribution in [2.45, 2.75) is 0 Å². The molecule has 0 fully saturated rings. The lowest BCUT2D eigenvalue weighted by Gasteiger charge is -1.87. The van der Waals surface area contributed by atoms with E-state index in [1.54, 1.807) is 6.07 Å². The van der Waals surface area contributed by atoms with Gasteiger partial charge < -0.3 is 4.74 Å². The molecular weight excluding hydrogens is 212 g/mol. The van der Waals surface area contributed by atoms with Gasteiger partial charge in [-0.2, -0.15) is 0 Å². The fraction of sp³-hybridized carbons (Fsp3) is 0.0909. The lowest BCUT2D eigenvalue weighted by atomic mass is 10.3. The van der Waals surface area contributed by atoms with Gasteiger partial charge in [-0.05, 0) is 17.5 Å². The van der Waals surface area contributed by atoms with E-state index < -0.39 is 5.97 Å². The van der Waals surface area contributed by atoms with Crippen molar-refractivity contribution in [2.75, 3.05) is 7.11 Å². The maximum Gasteiger partial charge on any atom is 0.330 e. The summed E-state index contributed by atoms with van der Waals surface area (Å²) in [6.07, 6.45) is 5.64. The second-order valence-electron chi connectivity index (χ2n) is 2.58. The molecule has 0 aliphatic heterocycles. The van der Waals surface area contributed by atoms with Crippen LogP contribution in [0.4, 0.5) is 0 Å². The molecule has 1 aromatic heterocycles. The summed E-state index contributed by atoms with van der Waals surface area (Å²) in [5.74, 6) is -0.511. The lowest BCUT2D eigenvalue weighted by molar-refractivity contribution is -0.134. The van der Waals surface area contributed by atoms with Gasteiger partial charge in [-0.1, -0.05) is 18.2 Å². The minimum absolute atomic E-state index is 0.0699. The first-order valence-corrected chi connectivity index (χ1v) is 5.12. The van der Waals surface area contributed by atoms with E-state index in [9.17, 15) is 9.59 Å². The molecule has 0 aliphatic rings. The van der Waals surface area contributed by atoms with Crippen LogP contribution in [-0.2, 0) is 9.53 Å². The first-order valence-electron chi connectivity index (χ1n) is 4.24. The standard InChI is InChI=1S/C11H10O3S/c1-14-11(13)7-3-2-5-9(12)10-6-4-8-15-10/h2-8H,1H3/b5-2+,7-3-. The van der Waals surface area contributed by atoms with Crippen molar-refractivity contribution in [1.82, 2.24) is 0 Å². The Morgan fingerprint density at radius 1 is 1.33 bits per heavy atom. The highest BCUT2D eigenvalue weighted by Crippen LogP contribution is 2.09. The van der Waals surface area contributed by atoms with Gasteiger partial charge in [0.25, 0.3) is 0 Å². The van der Waals surface area contributed by atoms with Gasteiger partial charge in [0, 0.05) is 6.08 Å². The molecule has 0 saturated heterocycles. The van der Waals surface area contributed by atoms with Crippen LogP contribution in [0.2, 0.25) is 0 Å². The Morgan fingerprint density at radius 3 is 2.67 bits per heavy atom. The van der Waals surface area contributed by atoms with Gasteiger partial charge in [0.2, 0.25) is 0 Å². The topological polar surface area (TPSA) is 43.4 Å². The van der Waals surface area contributed by atoms with Crippen molar-refractivity contribution >= 4 is 23.1 Å². The Kier molecular flexibility index (Phi) is 4.50. The zero-order valence-electron chi connectivity index (χ0n) is 8.17. The largest absolute Gasteiger partial charge is 0.466 e. The van der Waals surface area contributed by atoms with Crippen molar-refractivity contribution in [3.8, 4) is 0 Å². The van der Waals surface area contributed by atoms with E-state index in [0.29, 0.717) is 4.88 Å². The van der Waals surface area contributed by atoms with E-state index >= 15 is 0 Å². The van der Waals surface area contributed by atoms with Crippen LogP contribution in [0, 0.1) is 0 Å². The van der Waals surface area contributed by atoms with Crippen molar-refractivity contribution in [1.29, 1.82) is 0 Å². The summed E-state index contributed by atoms with van der Waals surface area (Å²) in [6.45, 7) is 0. The zero-order chi connectivity index (χ0) is 11.1. The van der Waals surface area contributed by atoms with Gasteiger partial charge in [0.15, 0.2) is 5.78 Å². The number of methoxy groups -OCH3 is 1. The third-order valence-corrected chi connectivity index (χ3v) is 2.44. The number of carbonyl (C=O) groups excluding carboxylic acids is 2. The predicted octanol–water partition coefficient (Wildman–Crippen LogP) is 2.22. The molecule has 0 spiro atoms. The lowest BCUT2D eigenvalue weighted by Crippen LogP contribution is -1.93. The van der Waals surface area contributed by atoms with Gasteiger partial charge >= 0.3 is 5.97 Å². The molecule has 0 unspecified atom stereocenters. The van der Waals surface area contributed by atoms with Crippen LogP contribution < -0.4 is 0 Å². The van der Waals surface area contributed by atoms with Gasteiger partial charge in [-0.15, -0.1) is 11.3 Å². The fourth-order valence-corrected chi connectivity index (χ4v) is 1.49. The molecule has 0 aliphatic carbocycles. The molecule has 3 nitrogen and oxygen atoms in total. The van der Waals surface area contributed by atoms with E-state index in [0.717, 1.165) is 0 Å². The summed E-state index contributed by atoms with van der Waals surface area (Å²) in [6, 6.07) is 3.57. The molecular formula is C11H10O3S. The summed E-state index contributed by atoms with van der Waals surface area (Å²) in [5, 5.41) is 1.84. The normalized spacial score (nSPS) is 11.0. The van der Waals surface area contributed by atoms with Crippen LogP contribution in [0.3, 0.4) is 0 Å². The van der Waals surface area contributed by atoms with Crippen LogP contribution in [0.25, 0.3) is 0 Å². The second kappa shape index (κ2) is 5.93.